The maximum absolute atomic E-state index is 10.3. The van der Waals surface area contributed by atoms with E-state index in [1.165, 1.54) is 47.1 Å². The quantitative estimate of drug-likeness (QED) is 0.622. The van der Waals surface area contributed by atoms with Gasteiger partial charge in [0.05, 0.1) is 0 Å². The molecular formula is C26H29ClN2O. The van der Waals surface area contributed by atoms with Crippen LogP contribution in [0.3, 0.4) is 0 Å². The summed E-state index contributed by atoms with van der Waals surface area (Å²) in [4.78, 5) is 2.72. The van der Waals surface area contributed by atoms with Gasteiger partial charge in [0.25, 0.3) is 0 Å². The molecule has 0 spiro atoms. The molecule has 1 N–H and O–H groups in total. The third-order valence-electron chi connectivity index (χ3n) is 8.10. The lowest BCUT2D eigenvalue weighted by molar-refractivity contribution is 0.0776. The van der Waals surface area contributed by atoms with Gasteiger partial charge in [-0.2, -0.15) is 0 Å². The highest BCUT2D eigenvalue weighted by Crippen LogP contribution is 2.50. The molecule has 0 bridgehead atoms. The summed E-state index contributed by atoms with van der Waals surface area (Å²) in [7, 11) is 2.19. The summed E-state index contributed by atoms with van der Waals surface area (Å²) in [5.74, 6) is 1.88. The fraction of sp³-hybridized carbons (Fsp3) is 0.462. The normalized spacial score (nSPS) is 26.5. The number of benzene rings is 2. The van der Waals surface area contributed by atoms with Crippen molar-refractivity contribution in [3.05, 3.63) is 64.3 Å². The topological polar surface area (TPSA) is 28.4 Å². The Bertz CT molecular complexity index is 1130. The molecule has 156 valence electrons. The fourth-order valence-corrected chi connectivity index (χ4v) is 6.47. The second-order valence-electron chi connectivity index (χ2n) is 9.88. The number of aromatic hydroxyl groups is 1. The number of fused-ring (bicyclic) bond motifs is 4. The van der Waals surface area contributed by atoms with Crippen molar-refractivity contribution in [2.24, 2.45) is 18.9 Å². The lowest BCUT2D eigenvalue weighted by Gasteiger charge is -2.51. The Labute approximate surface area is 183 Å². The smallest absolute Gasteiger partial charge is 0.115 e. The number of hydrogen-bond acceptors (Lipinski definition) is 2. The van der Waals surface area contributed by atoms with Crippen molar-refractivity contribution in [2.75, 3.05) is 19.6 Å². The van der Waals surface area contributed by atoms with E-state index in [-0.39, 0.29) is 5.41 Å². The molecule has 2 atom stereocenters. The minimum Gasteiger partial charge on any atom is -0.508 e. The number of hydrogen-bond donors (Lipinski definition) is 1. The number of halogens is 1. The first-order valence-electron chi connectivity index (χ1n) is 11.3. The van der Waals surface area contributed by atoms with Crippen molar-refractivity contribution < 1.29 is 5.11 Å². The molecule has 2 fully saturated rings. The first kappa shape index (κ1) is 18.8. The average molecular weight is 421 g/mol. The van der Waals surface area contributed by atoms with E-state index in [0.29, 0.717) is 11.7 Å². The summed E-state index contributed by atoms with van der Waals surface area (Å²) in [6, 6.07) is 14.4. The van der Waals surface area contributed by atoms with E-state index in [1.807, 2.05) is 18.2 Å². The van der Waals surface area contributed by atoms with Crippen molar-refractivity contribution >= 4 is 22.5 Å². The van der Waals surface area contributed by atoms with E-state index in [2.05, 4.69) is 34.7 Å². The maximum Gasteiger partial charge on any atom is 0.115 e. The molecule has 0 amide bonds. The van der Waals surface area contributed by atoms with Gasteiger partial charge in [-0.25, -0.2) is 0 Å². The van der Waals surface area contributed by atoms with Crippen LogP contribution in [0.1, 0.15) is 36.1 Å². The second kappa shape index (κ2) is 6.77. The van der Waals surface area contributed by atoms with Crippen LogP contribution < -0.4 is 0 Å². The van der Waals surface area contributed by atoms with E-state index in [1.54, 1.807) is 6.07 Å². The van der Waals surface area contributed by atoms with Crippen molar-refractivity contribution in [1.29, 1.82) is 0 Å². The van der Waals surface area contributed by atoms with Crippen molar-refractivity contribution in [3.63, 3.8) is 0 Å². The van der Waals surface area contributed by atoms with Gasteiger partial charge in [0.2, 0.25) is 0 Å². The third kappa shape index (κ3) is 2.90. The van der Waals surface area contributed by atoms with Crippen LogP contribution in [0.4, 0.5) is 0 Å². The van der Waals surface area contributed by atoms with Gasteiger partial charge in [-0.05, 0) is 85.9 Å². The fourth-order valence-electron chi connectivity index (χ4n) is 6.30. The Morgan fingerprint density at radius 1 is 1.17 bits per heavy atom. The monoisotopic (exact) mass is 420 g/mol. The first-order chi connectivity index (χ1) is 14.5. The number of phenols is 1. The Kier molecular flexibility index (Phi) is 4.23. The molecule has 3 nitrogen and oxygen atoms in total. The zero-order chi connectivity index (χ0) is 20.5. The number of phenolic OH excluding ortho intramolecular Hbond substituents is 1. The molecule has 3 aromatic rings. The Hall–Kier alpha value is -1.97. The minimum atomic E-state index is 0.0950. The summed E-state index contributed by atoms with van der Waals surface area (Å²) in [6.07, 6.45) is 6.12. The highest BCUT2D eigenvalue weighted by atomic mass is 35.5. The summed E-state index contributed by atoms with van der Waals surface area (Å²) >= 11 is 6.34. The zero-order valence-electron chi connectivity index (χ0n) is 17.6. The zero-order valence-corrected chi connectivity index (χ0v) is 18.3. The third-order valence-corrected chi connectivity index (χ3v) is 8.34. The SMILES string of the molecule is Cn1c2c(c3ccc(Cl)cc31)CC1CN(CC3CC3)CCC1(c1cccc(O)c1)C2. The highest BCUT2D eigenvalue weighted by Gasteiger charge is 2.48. The van der Waals surface area contributed by atoms with Crippen LogP contribution in [0.15, 0.2) is 42.5 Å². The maximum atomic E-state index is 10.3. The van der Waals surface area contributed by atoms with Crippen LogP contribution >= 0.6 is 11.6 Å². The number of nitrogens with zero attached hydrogens (tertiary/aromatic N) is 2. The van der Waals surface area contributed by atoms with Gasteiger partial charge in [0, 0.05) is 47.2 Å². The Balaban J connectivity index is 1.48. The van der Waals surface area contributed by atoms with Crippen molar-refractivity contribution in [1.82, 2.24) is 9.47 Å². The van der Waals surface area contributed by atoms with E-state index < -0.39 is 0 Å². The minimum absolute atomic E-state index is 0.0950. The largest absolute Gasteiger partial charge is 0.508 e. The summed E-state index contributed by atoms with van der Waals surface area (Å²) < 4.78 is 2.37. The number of aromatic nitrogens is 1. The van der Waals surface area contributed by atoms with Crippen LogP contribution in [0.25, 0.3) is 10.9 Å². The van der Waals surface area contributed by atoms with Gasteiger partial charge in [0.15, 0.2) is 0 Å². The molecule has 4 heteroatoms. The summed E-state index contributed by atoms with van der Waals surface area (Å²) in [5, 5.41) is 12.4. The molecule has 2 unspecified atom stereocenters. The van der Waals surface area contributed by atoms with Crippen molar-refractivity contribution in [2.45, 2.75) is 37.5 Å². The molecule has 1 aromatic heterocycles. The van der Waals surface area contributed by atoms with Crippen LogP contribution in [0.5, 0.6) is 5.75 Å². The van der Waals surface area contributed by atoms with Gasteiger partial charge in [-0.3, -0.25) is 0 Å². The number of aryl methyl sites for hydroxylation is 1. The molecule has 1 saturated heterocycles. The molecule has 0 radical (unpaired) electrons. The lowest BCUT2D eigenvalue weighted by Crippen LogP contribution is -2.54. The molecule has 3 aliphatic rings. The summed E-state index contributed by atoms with van der Waals surface area (Å²) in [6.45, 7) is 3.59. The van der Waals surface area contributed by atoms with Gasteiger partial charge < -0.3 is 14.6 Å². The van der Waals surface area contributed by atoms with Crippen LogP contribution in [0.2, 0.25) is 5.02 Å². The van der Waals surface area contributed by atoms with Gasteiger partial charge >= 0.3 is 0 Å². The lowest BCUT2D eigenvalue weighted by atomic mass is 9.58. The number of likely N-dealkylation sites (tertiary alicyclic amines) is 1. The molecule has 30 heavy (non-hydrogen) atoms. The average Bonchev–Trinajstić information content (AvgIpc) is 3.52. The first-order valence-corrected chi connectivity index (χ1v) is 11.7. The van der Waals surface area contributed by atoms with Gasteiger partial charge in [0.1, 0.15) is 5.75 Å². The van der Waals surface area contributed by atoms with E-state index in [4.69, 9.17) is 11.6 Å². The Morgan fingerprint density at radius 3 is 2.83 bits per heavy atom. The van der Waals surface area contributed by atoms with Crippen LogP contribution in [0, 0.1) is 11.8 Å². The van der Waals surface area contributed by atoms with Crippen LogP contribution in [-0.4, -0.2) is 34.2 Å². The predicted octanol–water partition coefficient (Wildman–Crippen LogP) is 5.31. The van der Waals surface area contributed by atoms with Crippen molar-refractivity contribution in [3.8, 4) is 5.75 Å². The molecule has 2 heterocycles. The van der Waals surface area contributed by atoms with Crippen LogP contribution in [-0.2, 0) is 25.3 Å². The number of piperidine rings is 1. The molecular weight excluding hydrogens is 392 g/mol. The molecule has 6 rings (SSSR count). The molecule has 1 aliphatic heterocycles. The second-order valence-corrected chi connectivity index (χ2v) is 10.3. The van der Waals surface area contributed by atoms with E-state index >= 15 is 0 Å². The van der Waals surface area contributed by atoms with Gasteiger partial charge in [-0.15, -0.1) is 0 Å². The van der Waals surface area contributed by atoms with Gasteiger partial charge in [-0.1, -0.05) is 29.8 Å². The Morgan fingerprint density at radius 2 is 2.03 bits per heavy atom. The number of rotatable bonds is 3. The highest BCUT2D eigenvalue weighted by molar-refractivity contribution is 6.31. The summed E-state index contributed by atoms with van der Waals surface area (Å²) in [5.41, 5.74) is 5.61. The molecule has 2 aliphatic carbocycles. The molecule has 2 aromatic carbocycles. The van der Waals surface area contributed by atoms with E-state index in [0.717, 1.165) is 43.3 Å². The van der Waals surface area contributed by atoms with E-state index in [9.17, 15) is 5.11 Å². The standard InChI is InChI=1S/C26H29ClN2O/c1-28-24-13-20(27)7-8-22(24)23-12-19-16-29(15-17-5-6-17)10-9-26(19,14-25(23)28)18-3-2-4-21(30)11-18/h2-4,7-8,11,13,17,19,30H,5-6,9-10,12,14-16H2,1H3. The predicted molar refractivity (Wildman–Crippen MR) is 122 cm³/mol. The molecule has 1 saturated carbocycles.